The van der Waals surface area contributed by atoms with Gasteiger partial charge in [-0.3, -0.25) is 0 Å². The number of hydrogen-bond acceptors (Lipinski definition) is 3. The van der Waals surface area contributed by atoms with Crippen molar-refractivity contribution in [2.24, 2.45) is 0 Å². The molecule has 0 spiro atoms. The number of ether oxygens (including phenoxy) is 1. The van der Waals surface area contributed by atoms with Crippen molar-refractivity contribution in [3.05, 3.63) is 23.8 Å². The van der Waals surface area contributed by atoms with Gasteiger partial charge in [0.25, 0.3) is 0 Å². The Morgan fingerprint density at radius 2 is 1.94 bits per heavy atom. The van der Waals surface area contributed by atoms with Crippen molar-refractivity contribution < 1.29 is 4.74 Å². The van der Waals surface area contributed by atoms with Gasteiger partial charge in [-0.2, -0.15) is 0 Å². The first-order chi connectivity index (χ1) is 8.76. The molecular formula is C15H22N2O. The van der Waals surface area contributed by atoms with E-state index in [1.165, 1.54) is 36.9 Å². The molecule has 1 aromatic carbocycles. The van der Waals surface area contributed by atoms with E-state index in [1.807, 2.05) is 6.07 Å². The van der Waals surface area contributed by atoms with Crippen LogP contribution in [0.5, 0.6) is 5.75 Å². The summed E-state index contributed by atoms with van der Waals surface area (Å²) < 4.78 is 5.38. The minimum atomic E-state index is 0.606. The third-order valence-corrected chi connectivity index (χ3v) is 4.34. The molecule has 98 valence electrons. The SMILES string of the molecule is COc1cccc(NC2CC3CCC(C2)N3)c1C. The number of piperidine rings is 1. The fraction of sp³-hybridized carbons (Fsp3) is 0.600. The second-order valence-electron chi connectivity index (χ2n) is 5.58. The number of hydrogen-bond donors (Lipinski definition) is 2. The van der Waals surface area contributed by atoms with Crippen LogP contribution in [0.4, 0.5) is 5.69 Å². The topological polar surface area (TPSA) is 33.3 Å². The van der Waals surface area contributed by atoms with Crippen molar-refractivity contribution in [1.82, 2.24) is 5.32 Å². The average Bonchev–Trinajstić information content (AvgIpc) is 2.71. The van der Waals surface area contributed by atoms with Crippen LogP contribution in [-0.2, 0) is 0 Å². The van der Waals surface area contributed by atoms with Gasteiger partial charge in [0.2, 0.25) is 0 Å². The quantitative estimate of drug-likeness (QED) is 0.860. The van der Waals surface area contributed by atoms with Gasteiger partial charge in [-0.05, 0) is 44.7 Å². The smallest absolute Gasteiger partial charge is 0.123 e. The lowest BCUT2D eigenvalue weighted by Crippen LogP contribution is -2.43. The normalized spacial score (nSPS) is 30.2. The molecule has 18 heavy (non-hydrogen) atoms. The molecule has 2 heterocycles. The van der Waals surface area contributed by atoms with Crippen LogP contribution in [0.25, 0.3) is 0 Å². The second-order valence-corrected chi connectivity index (χ2v) is 5.58. The predicted octanol–water partition coefficient (Wildman–Crippen LogP) is 2.70. The van der Waals surface area contributed by atoms with E-state index in [9.17, 15) is 0 Å². The molecule has 2 atom stereocenters. The van der Waals surface area contributed by atoms with E-state index in [2.05, 4.69) is 29.7 Å². The van der Waals surface area contributed by atoms with E-state index in [0.717, 1.165) is 17.8 Å². The zero-order valence-corrected chi connectivity index (χ0v) is 11.2. The van der Waals surface area contributed by atoms with Gasteiger partial charge in [0.05, 0.1) is 7.11 Å². The monoisotopic (exact) mass is 246 g/mol. The van der Waals surface area contributed by atoms with Crippen LogP contribution in [0.3, 0.4) is 0 Å². The molecule has 3 heteroatoms. The maximum atomic E-state index is 5.38. The second kappa shape index (κ2) is 4.81. The van der Waals surface area contributed by atoms with Gasteiger partial charge in [-0.25, -0.2) is 0 Å². The fourth-order valence-electron chi connectivity index (χ4n) is 3.39. The standard InChI is InChI=1S/C15H22N2O/c1-10-14(4-3-5-15(10)18-2)17-13-8-11-6-7-12(9-13)16-11/h3-5,11-13,16-17H,6-9H2,1-2H3. The number of fused-ring (bicyclic) bond motifs is 2. The summed E-state index contributed by atoms with van der Waals surface area (Å²) in [5.74, 6) is 0.969. The third-order valence-electron chi connectivity index (χ3n) is 4.34. The molecule has 0 aromatic heterocycles. The Morgan fingerprint density at radius 1 is 1.22 bits per heavy atom. The highest BCUT2D eigenvalue weighted by molar-refractivity contribution is 5.57. The van der Waals surface area contributed by atoms with Gasteiger partial charge in [0, 0.05) is 29.4 Å². The van der Waals surface area contributed by atoms with Crippen LogP contribution in [0.15, 0.2) is 18.2 Å². The molecule has 2 saturated heterocycles. The van der Waals surface area contributed by atoms with Gasteiger partial charge in [-0.15, -0.1) is 0 Å². The van der Waals surface area contributed by atoms with E-state index in [1.54, 1.807) is 7.11 Å². The molecule has 2 bridgehead atoms. The number of anilines is 1. The summed E-state index contributed by atoms with van der Waals surface area (Å²) in [6.45, 7) is 2.12. The van der Waals surface area contributed by atoms with Crippen LogP contribution < -0.4 is 15.4 Å². The molecule has 2 aliphatic heterocycles. The third kappa shape index (κ3) is 2.19. The zero-order chi connectivity index (χ0) is 12.5. The Hall–Kier alpha value is -1.22. The van der Waals surface area contributed by atoms with E-state index in [0.29, 0.717) is 6.04 Å². The van der Waals surface area contributed by atoms with Crippen molar-refractivity contribution >= 4 is 5.69 Å². The number of methoxy groups -OCH3 is 1. The first-order valence-corrected chi connectivity index (χ1v) is 6.92. The van der Waals surface area contributed by atoms with Gasteiger partial charge < -0.3 is 15.4 Å². The van der Waals surface area contributed by atoms with Crippen LogP contribution >= 0.6 is 0 Å². The van der Waals surface area contributed by atoms with E-state index in [4.69, 9.17) is 4.74 Å². The zero-order valence-electron chi connectivity index (χ0n) is 11.2. The molecule has 2 unspecified atom stereocenters. The molecule has 0 radical (unpaired) electrons. The Balaban J connectivity index is 1.73. The van der Waals surface area contributed by atoms with Crippen LogP contribution in [0.1, 0.15) is 31.2 Å². The first kappa shape index (κ1) is 11.8. The highest BCUT2D eigenvalue weighted by Crippen LogP contribution is 2.31. The van der Waals surface area contributed by atoms with Crippen molar-refractivity contribution in [3.8, 4) is 5.75 Å². The van der Waals surface area contributed by atoms with Crippen LogP contribution in [0.2, 0.25) is 0 Å². The minimum absolute atomic E-state index is 0.606. The summed E-state index contributed by atoms with van der Waals surface area (Å²) in [6, 6.07) is 8.30. The van der Waals surface area contributed by atoms with Gasteiger partial charge in [-0.1, -0.05) is 6.07 Å². The summed E-state index contributed by atoms with van der Waals surface area (Å²) in [5.41, 5.74) is 2.44. The number of rotatable bonds is 3. The van der Waals surface area contributed by atoms with E-state index < -0.39 is 0 Å². The van der Waals surface area contributed by atoms with Crippen LogP contribution in [-0.4, -0.2) is 25.2 Å². The number of benzene rings is 1. The highest BCUT2D eigenvalue weighted by atomic mass is 16.5. The molecular weight excluding hydrogens is 224 g/mol. The van der Waals surface area contributed by atoms with E-state index >= 15 is 0 Å². The van der Waals surface area contributed by atoms with Crippen molar-refractivity contribution in [2.45, 2.75) is 50.7 Å². The summed E-state index contributed by atoms with van der Waals surface area (Å²) in [6.07, 6.45) is 5.18. The largest absolute Gasteiger partial charge is 0.496 e. The van der Waals surface area contributed by atoms with Gasteiger partial charge >= 0.3 is 0 Å². The maximum absolute atomic E-state index is 5.38. The molecule has 1 aromatic rings. The fourth-order valence-corrected chi connectivity index (χ4v) is 3.39. The van der Waals surface area contributed by atoms with Gasteiger partial charge in [0.1, 0.15) is 5.75 Å². The lowest BCUT2D eigenvalue weighted by Gasteiger charge is -2.31. The maximum Gasteiger partial charge on any atom is 0.123 e. The van der Waals surface area contributed by atoms with Crippen molar-refractivity contribution in [2.75, 3.05) is 12.4 Å². The van der Waals surface area contributed by atoms with Crippen molar-refractivity contribution in [1.29, 1.82) is 0 Å². The number of nitrogens with one attached hydrogen (secondary N) is 2. The molecule has 0 aliphatic carbocycles. The molecule has 3 rings (SSSR count). The van der Waals surface area contributed by atoms with Crippen LogP contribution in [0, 0.1) is 6.92 Å². The Bertz CT molecular complexity index is 421. The Morgan fingerprint density at radius 3 is 2.61 bits per heavy atom. The lowest BCUT2D eigenvalue weighted by molar-refractivity contribution is 0.377. The predicted molar refractivity (Wildman–Crippen MR) is 74.3 cm³/mol. The van der Waals surface area contributed by atoms with Crippen molar-refractivity contribution in [3.63, 3.8) is 0 Å². The Kier molecular flexibility index (Phi) is 3.16. The summed E-state index contributed by atoms with van der Waals surface area (Å²) in [4.78, 5) is 0. The molecule has 2 aliphatic rings. The summed E-state index contributed by atoms with van der Waals surface area (Å²) in [5, 5.41) is 7.38. The molecule has 0 saturated carbocycles. The highest BCUT2D eigenvalue weighted by Gasteiger charge is 2.33. The summed E-state index contributed by atoms with van der Waals surface area (Å²) >= 11 is 0. The molecule has 2 N–H and O–H groups in total. The molecule has 3 nitrogen and oxygen atoms in total. The van der Waals surface area contributed by atoms with E-state index in [-0.39, 0.29) is 0 Å². The lowest BCUT2D eigenvalue weighted by atomic mass is 9.99. The molecule has 2 fully saturated rings. The first-order valence-electron chi connectivity index (χ1n) is 6.92. The minimum Gasteiger partial charge on any atom is -0.496 e. The Labute approximate surface area is 109 Å². The summed E-state index contributed by atoms with van der Waals surface area (Å²) in [7, 11) is 1.73. The molecule has 0 amide bonds. The average molecular weight is 246 g/mol. The van der Waals surface area contributed by atoms with Gasteiger partial charge in [0.15, 0.2) is 0 Å².